The Kier molecular flexibility index (Phi) is 4.49. The lowest BCUT2D eigenvalue weighted by atomic mass is 10.2. The van der Waals surface area contributed by atoms with Crippen LogP contribution in [0.25, 0.3) is 11.8 Å². The fraction of sp³-hybridized carbons (Fsp3) is 0.333. The number of β-amino-alcohol motifs (C(OH)–C–C–N with tert-alkyl or cyclic N) is 1. The second-order valence-corrected chi connectivity index (χ2v) is 6.03. The van der Waals surface area contributed by atoms with Gasteiger partial charge in [-0.3, -0.25) is 4.79 Å². The number of hydrogen-bond acceptors (Lipinski definition) is 3. The van der Waals surface area contributed by atoms with Crippen LogP contribution in [0.5, 0.6) is 0 Å². The number of halogens is 1. The number of likely N-dealkylation sites (tertiary alicyclic amines) is 1. The number of carbonyl (C=O) groups is 1. The van der Waals surface area contributed by atoms with Crippen LogP contribution in [0.2, 0.25) is 0 Å². The monoisotopic (exact) mass is 329 g/mol. The second-order valence-electron chi connectivity index (χ2n) is 6.03. The van der Waals surface area contributed by atoms with E-state index >= 15 is 0 Å². The summed E-state index contributed by atoms with van der Waals surface area (Å²) in [6, 6.07) is 6.12. The quantitative estimate of drug-likeness (QED) is 0.879. The van der Waals surface area contributed by atoms with Crippen molar-refractivity contribution < 1.29 is 14.3 Å². The number of aliphatic hydroxyl groups excluding tert-OH is 1. The van der Waals surface area contributed by atoms with Gasteiger partial charge < -0.3 is 10.0 Å². The number of rotatable bonds is 3. The van der Waals surface area contributed by atoms with Gasteiger partial charge in [-0.05, 0) is 50.6 Å². The molecule has 126 valence electrons. The van der Waals surface area contributed by atoms with Gasteiger partial charge in [0.05, 0.1) is 17.5 Å². The lowest BCUT2D eigenvalue weighted by molar-refractivity contribution is -0.125. The van der Waals surface area contributed by atoms with Crippen molar-refractivity contribution in [1.29, 1.82) is 0 Å². The van der Waals surface area contributed by atoms with Crippen molar-refractivity contribution in [3.8, 4) is 5.69 Å². The summed E-state index contributed by atoms with van der Waals surface area (Å²) in [7, 11) is 0. The summed E-state index contributed by atoms with van der Waals surface area (Å²) in [5, 5.41) is 14.0. The SMILES string of the molecule is Cc1nn(-c2ccc(F)cc2)c(C)c1/C=C/C(=O)N1CC[C@@H](O)C1. The molecule has 0 saturated carbocycles. The molecule has 0 aliphatic carbocycles. The molecule has 1 aliphatic heterocycles. The van der Waals surface area contributed by atoms with Gasteiger partial charge in [0, 0.05) is 30.4 Å². The van der Waals surface area contributed by atoms with Crippen LogP contribution >= 0.6 is 0 Å². The molecule has 2 aromatic rings. The van der Waals surface area contributed by atoms with Gasteiger partial charge >= 0.3 is 0 Å². The zero-order valence-electron chi connectivity index (χ0n) is 13.7. The maximum atomic E-state index is 13.1. The lowest BCUT2D eigenvalue weighted by Crippen LogP contribution is -2.27. The predicted octanol–water partition coefficient (Wildman–Crippen LogP) is 2.23. The average molecular weight is 329 g/mol. The van der Waals surface area contributed by atoms with Crippen LogP contribution in [-0.2, 0) is 4.79 Å². The van der Waals surface area contributed by atoms with Crippen LogP contribution < -0.4 is 0 Å². The van der Waals surface area contributed by atoms with Gasteiger partial charge in [0.1, 0.15) is 5.82 Å². The Morgan fingerprint density at radius 3 is 2.67 bits per heavy atom. The van der Waals surface area contributed by atoms with E-state index in [0.29, 0.717) is 19.5 Å². The zero-order valence-corrected chi connectivity index (χ0v) is 13.7. The van der Waals surface area contributed by atoms with Gasteiger partial charge in [0.2, 0.25) is 5.91 Å². The highest BCUT2D eigenvalue weighted by Gasteiger charge is 2.23. The molecule has 5 nitrogen and oxygen atoms in total. The second kappa shape index (κ2) is 6.57. The topological polar surface area (TPSA) is 58.4 Å². The van der Waals surface area contributed by atoms with Gasteiger partial charge in [-0.2, -0.15) is 5.10 Å². The Morgan fingerprint density at radius 1 is 1.33 bits per heavy atom. The molecule has 0 spiro atoms. The summed E-state index contributed by atoms with van der Waals surface area (Å²) >= 11 is 0. The molecule has 1 amide bonds. The van der Waals surface area contributed by atoms with Crippen molar-refractivity contribution in [3.05, 3.63) is 53.1 Å². The molecule has 0 unspecified atom stereocenters. The lowest BCUT2D eigenvalue weighted by Gasteiger charge is -2.12. The van der Waals surface area contributed by atoms with Crippen molar-refractivity contribution >= 4 is 12.0 Å². The van der Waals surface area contributed by atoms with Gasteiger partial charge in [-0.15, -0.1) is 0 Å². The maximum absolute atomic E-state index is 13.1. The summed E-state index contributed by atoms with van der Waals surface area (Å²) < 4.78 is 14.8. The van der Waals surface area contributed by atoms with Gasteiger partial charge in [-0.1, -0.05) is 0 Å². The first-order chi connectivity index (χ1) is 11.5. The molecule has 1 saturated heterocycles. The molecular formula is C18H20FN3O2. The fourth-order valence-corrected chi connectivity index (χ4v) is 2.93. The van der Waals surface area contributed by atoms with Gasteiger partial charge in [0.25, 0.3) is 0 Å². The molecule has 1 aromatic heterocycles. The molecule has 1 atom stereocenters. The molecule has 6 heteroatoms. The molecule has 0 bridgehead atoms. The minimum Gasteiger partial charge on any atom is -0.391 e. The number of nitrogens with zero attached hydrogens (tertiary/aromatic N) is 3. The molecule has 1 fully saturated rings. The molecule has 24 heavy (non-hydrogen) atoms. The highest BCUT2D eigenvalue weighted by atomic mass is 19.1. The minimum atomic E-state index is -0.424. The molecule has 1 N–H and O–H groups in total. The van der Waals surface area contributed by atoms with E-state index in [1.54, 1.807) is 27.8 Å². The number of amides is 1. The van der Waals surface area contributed by atoms with Gasteiger partial charge in [0.15, 0.2) is 0 Å². The number of carbonyl (C=O) groups excluding carboxylic acids is 1. The summed E-state index contributed by atoms with van der Waals surface area (Å²) in [5.74, 6) is -0.404. The smallest absolute Gasteiger partial charge is 0.246 e. The molecular weight excluding hydrogens is 309 g/mol. The van der Waals surface area contributed by atoms with Crippen LogP contribution in [0.1, 0.15) is 23.4 Å². The Bertz CT molecular complexity index is 780. The van der Waals surface area contributed by atoms with Crippen molar-refractivity contribution in [2.45, 2.75) is 26.4 Å². The summed E-state index contributed by atoms with van der Waals surface area (Å²) in [6.45, 7) is 4.75. The van der Waals surface area contributed by atoms with Crippen LogP contribution in [0.3, 0.4) is 0 Å². The van der Waals surface area contributed by atoms with E-state index in [1.165, 1.54) is 18.2 Å². The standard InChI is InChI=1S/C18H20FN3O2/c1-12-17(7-8-18(24)21-10-9-16(23)11-21)13(2)22(20-12)15-5-3-14(19)4-6-15/h3-8,16,23H,9-11H2,1-2H3/b8-7+/t16-/m1/s1. The predicted molar refractivity (Wildman–Crippen MR) is 89.2 cm³/mol. The van der Waals surface area contributed by atoms with Crippen molar-refractivity contribution in [2.24, 2.45) is 0 Å². The Labute approximate surface area is 140 Å². The molecule has 1 aromatic carbocycles. The van der Waals surface area contributed by atoms with E-state index in [4.69, 9.17) is 0 Å². The summed E-state index contributed by atoms with van der Waals surface area (Å²) in [6.07, 6.45) is 3.47. The Balaban J connectivity index is 1.83. The normalized spacial score (nSPS) is 17.8. The number of aromatic nitrogens is 2. The third-order valence-electron chi connectivity index (χ3n) is 4.29. The number of benzene rings is 1. The third kappa shape index (κ3) is 3.23. The number of aliphatic hydroxyl groups is 1. The van der Waals surface area contributed by atoms with Crippen molar-refractivity contribution in [2.75, 3.05) is 13.1 Å². The first-order valence-electron chi connectivity index (χ1n) is 7.93. The summed E-state index contributed by atoms with van der Waals surface area (Å²) in [4.78, 5) is 13.8. The van der Waals surface area contributed by atoms with E-state index in [0.717, 1.165) is 22.6 Å². The van der Waals surface area contributed by atoms with Crippen molar-refractivity contribution in [3.63, 3.8) is 0 Å². The zero-order chi connectivity index (χ0) is 17.3. The number of aryl methyl sites for hydroxylation is 1. The first kappa shape index (κ1) is 16.4. The Morgan fingerprint density at radius 2 is 2.04 bits per heavy atom. The Hall–Kier alpha value is -2.47. The van der Waals surface area contributed by atoms with Crippen LogP contribution in [0, 0.1) is 19.7 Å². The molecule has 0 radical (unpaired) electrons. The first-order valence-corrected chi connectivity index (χ1v) is 7.93. The van der Waals surface area contributed by atoms with Crippen LogP contribution in [-0.4, -0.2) is 44.9 Å². The third-order valence-corrected chi connectivity index (χ3v) is 4.29. The van der Waals surface area contributed by atoms with Gasteiger partial charge in [-0.25, -0.2) is 9.07 Å². The van der Waals surface area contributed by atoms with E-state index in [1.807, 2.05) is 13.8 Å². The molecule has 3 rings (SSSR count). The molecule has 1 aliphatic rings. The van der Waals surface area contributed by atoms with E-state index in [-0.39, 0.29) is 11.7 Å². The fourth-order valence-electron chi connectivity index (χ4n) is 2.93. The van der Waals surface area contributed by atoms with E-state index < -0.39 is 6.10 Å². The summed E-state index contributed by atoms with van der Waals surface area (Å²) in [5.41, 5.74) is 3.31. The minimum absolute atomic E-state index is 0.111. The largest absolute Gasteiger partial charge is 0.391 e. The molecule has 2 heterocycles. The van der Waals surface area contributed by atoms with Crippen molar-refractivity contribution in [1.82, 2.24) is 14.7 Å². The van der Waals surface area contributed by atoms with Crippen LogP contribution in [0.15, 0.2) is 30.3 Å². The van der Waals surface area contributed by atoms with E-state index in [9.17, 15) is 14.3 Å². The van der Waals surface area contributed by atoms with Crippen LogP contribution in [0.4, 0.5) is 4.39 Å². The van der Waals surface area contributed by atoms with E-state index in [2.05, 4.69) is 5.10 Å². The average Bonchev–Trinajstić information content (AvgIpc) is 3.10. The number of hydrogen-bond donors (Lipinski definition) is 1. The highest BCUT2D eigenvalue weighted by molar-refractivity contribution is 5.92. The highest BCUT2D eigenvalue weighted by Crippen LogP contribution is 2.20. The maximum Gasteiger partial charge on any atom is 0.246 e.